The SMILES string of the molecule is C=CC[C@@H](c1c(O)cc(F)c(F)c1F)N1CCNCC1. The molecule has 20 heavy (non-hydrogen) atoms. The van der Waals surface area contributed by atoms with Gasteiger partial charge in [0.25, 0.3) is 0 Å². The molecular weight excluding hydrogens is 269 g/mol. The average Bonchev–Trinajstić information content (AvgIpc) is 2.45. The third-order valence-electron chi connectivity index (χ3n) is 3.49. The summed E-state index contributed by atoms with van der Waals surface area (Å²) < 4.78 is 40.5. The van der Waals surface area contributed by atoms with Crippen LogP contribution < -0.4 is 5.32 Å². The minimum Gasteiger partial charge on any atom is -0.507 e. The van der Waals surface area contributed by atoms with E-state index in [1.54, 1.807) is 6.08 Å². The number of halogens is 3. The predicted octanol–water partition coefficient (Wildman–Crippen LogP) is 2.33. The molecule has 1 saturated heterocycles. The van der Waals surface area contributed by atoms with E-state index < -0.39 is 29.2 Å². The van der Waals surface area contributed by atoms with E-state index in [4.69, 9.17) is 0 Å². The molecular formula is C14H17F3N2O. The summed E-state index contributed by atoms with van der Waals surface area (Å²) >= 11 is 0. The Morgan fingerprint density at radius 2 is 1.95 bits per heavy atom. The highest BCUT2D eigenvalue weighted by Gasteiger charge is 2.29. The van der Waals surface area contributed by atoms with Gasteiger partial charge in [0.1, 0.15) is 5.75 Å². The van der Waals surface area contributed by atoms with Gasteiger partial charge >= 0.3 is 0 Å². The number of hydrogen-bond acceptors (Lipinski definition) is 3. The lowest BCUT2D eigenvalue weighted by molar-refractivity contribution is 0.167. The molecule has 1 heterocycles. The maximum absolute atomic E-state index is 14.0. The van der Waals surface area contributed by atoms with Crippen molar-refractivity contribution < 1.29 is 18.3 Å². The smallest absolute Gasteiger partial charge is 0.195 e. The highest BCUT2D eigenvalue weighted by molar-refractivity contribution is 5.38. The summed E-state index contributed by atoms with van der Waals surface area (Å²) in [5.41, 5.74) is -0.203. The monoisotopic (exact) mass is 286 g/mol. The number of rotatable bonds is 4. The zero-order valence-corrected chi connectivity index (χ0v) is 11.0. The van der Waals surface area contributed by atoms with Crippen LogP contribution in [0.25, 0.3) is 0 Å². The average molecular weight is 286 g/mol. The van der Waals surface area contributed by atoms with Gasteiger partial charge in [-0.25, -0.2) is 13.2 Å². The summed E-state index contributed by atoms with van der Waals surface area (Å²) in [4.78, 5) is 1.92. The van der Waals surface area contributed by atoms with E-state index in [9.17, 15) is 18.3 Å². The lowest BCUT2D eigenvalue weighted by Gasteiger charge is -2.35. The van der Waals surface area contributed by atoms with Crippen molar-refractivity contribution in [3.05, 3.63) is 41.7 Å². The van der Waals surface area contributed by atoms with Crippen molar-refractivity contribution in [1.82, 2.24) is 10.2 Å². The Bertz CT molecular complexity index is 502. The number of nitrogens with one attached hydrogen (secondary N) is 1. The first-order valence-corrected chi connectivity index (χ1v) is 6.48. The van der Waals surface area contributed by atoms with E-state index in [0.29, 0.717) is 25.6 Å². The van der Waals surface area contributed by atoms with E-state index >= 15 is 0 Å². The first-order valence-electron chi connectivity index (χ1n) is 6.48. The minimum absolute atomic E-state index is 0.203. The first-order chi connectivity index (χ1) is 9.56. The Morgan fingerprint density at radius 3 is 2.55 bits per heavy atom. The lowest BCUT2D eigenvalue weighted by Crippen LogP contribution is -2.45. The van der Waals surface area contributed by atoms with Crippen LogP contribution in [0.15, 0.2) is 18.7 Å². The molecule has 110 valence electrons. The number of aromatic hydroxyl groups is 1. The van der Waals surface area contributed by atoms with Crippen molar-refractivity contribution in [3.8, 4) is 5.75 Å². The molecule has 2 rings (SSSR count). The van der Waals surface area contributed by atoms with Crippen molar-refractivity contribution in [2.24, 2.45) is 0 Å². The standard InChI is InChI=1S/C14H17F3N2O/c1-2-3-10(19-6-4-18-5-7-19)12-11(20)8-9(15)13(16)14(12)17/h2,8,10,18,20H,1,3-7H2/t10-/m0/s1. The molecule has 3 nitrogen and oxygen atoms in total. The summed E-state index contributed by atoms with van der Waals surface area (Å²) in [7, 11) is 0. The molecule has 0 saturated carbocycles. The number of nitrogens with zero attached hydrogens (tertiary/aromatic N) is 1. The van der Waals surface area contributed by atoms with Gasteiger partial charge in [0.15, 0.2) is 17.5 Å². The Labute approximate surface area is 115 Å². The van der Waals surface area contributed by atoms with Crippen LogP contribution in [-0.4, -0.2) is 36.2 Å². The fourth-order valence-electron chi connectivity index (χ4n) is 2.51. The molecule has 1 aromatic carbocycles. The van der Waals surface area contributed by atoms with E-state index in [1.165, 1.54) is 0 Å². The van der Waals surface area contributed by atoms with Crippen molar-refractivity contribution in [2.75, 3.05) is 26.2 Å². The Hall–Kier alpha value is -1.53. The van der Waals surface area contributed by atoms with Crippen LogP contribution in [0.1, 0.15) is 18.0 Å². The normalized spacial score (nSPS) is 17.9. The van der Waals surface area contributed by atoms with Crippen molar-refractivity contribution in [3.63, 3.8) is 0 Å². The molecule has 0 spiro atoms. The van der Waals surface area contributed by atoms with Gasteiger partial charge in [-0.3, -0.25) is 4.90 Å². The quantitative estimate of drug-likeness (QED) is 0.659. The molecule has 0 bridgehead atoms. The second kappa shape index (κ2) is 6.28. The van der Waals surface area contributed by atoms with Crippen LogP contribution in [0.4, 0.5) is 13.2 Å². The molecule has 0 radical (unpaired) electrons. The van der Waals surface area contributed by atoms with Crippen LogP contribution >= 0.6 is 0 Å². The molecule has 1 aliphatic rings. The largest absolute Gasteiger partial charge is 0.507 e. The second-order valence-electron chi connectivity index (χ2n) is 4.75. The van der Waals surface area contributed by atoms with Crippen LogP contribution in [-0.2, 0) is 0 Å². The molecule has 2 N–H and O–H groups in total. The zero-order chi connectivity index (χ0) is 14.7. The number of piperazine rings is 1. The molecule has 1 aliphatic heterocycles. The van der Waals surface area contributed by atoms with Gasteiger partial charge in [-0.2, -0.15) is 0 Å². The number of phenolic OH excluding ortho intramolecular Hbond substituents is 1. The third-order valence-corrected chi connectivity index (χ3v) is 3.49. The van der Waals surface area contributed by atoms with Crippen LogP contribution in [0.3, 0.4) is 0 Å². The lowest BCUT2D eigenvalue weighted by atomic mass is 9.99. The van der Waals surface area contributed by atoms with Crippen LogP contribution in [0.5, 0.6) is 5.75 Å². The maximum atomic E-state index is 14.0. The van der Waals surface area contributed by atoms with E-state index in [0.717, 1.165) is 13.1 Å². The minimum atomic E-state index is -1.55. The molecule has 1 fully saturated rings. The molecule has 0 unspecified atom stereocenters. The van der Waals surface area contributed by atoms with Gasteiger partial charge in [-0.05, 0) is 6.42 Å². The van der Waals surface area contributed by atoms with Crippen molar-refractivity contribution in [1.29, 1.82) is 0 Å². The summed E-state index contributed by atoms with van der Waals surface area (Å²) in [5.74, 6) is -4.83. The Balaban J connectivity index is 2.43. The summed E-state index contributed by atoms with van der Waals surface area (Å²) in [5, 5.41) is 13.0. The number of hydrogen-bond donors (Lipinski definition) is 2. The van der Waals surface area contributed by atoms with Crippen LogP contribution in [0.2, 0.25) is 0 Å². The third kappa shape index (κ3) is 2.81. The summed E-state index contributed by atoms with van der Waals surface area (Å²) in [6.45, 7) is 6.32. The van der Waals surface area contributed by atoms with Crippen LogP contribution in [0, 0.1) is 17.5 Å². The van der Waals surface area contributed by atoms with Gasteiger partial charge < -0.3 is 10.4 Å². The maximum Gasteiger partial charge on any atom is 0.195 e. The fourth-order valence-corrected chi connectivity index (χ4v) is 2.51. The highest BCUT2D eigenvalue weighted by atomic mass is 19.2. The molecule has 1 atom stereocenters. The fraction of sp³-hybridized carbons (Fsp3) is 0.429. The van der Waals surface area contributed by atoms with Gasteiger partial charge in [0.2, 0.25) is 0 Å². The van der Waals surface area contributed by atoms with E-state index in [1.807, 2.05) is 4.90 Å². The van der Waals surface area contributed by atoms with E-state index in [-0.39, 0.29) is 5.56 Å². The highest BCUT2D eigenvalue weighted by Crippen LogP contribution is 2.36. The summed E-state index contributed by atoms with van der Waals surface area (Å²) in [6.07, 6.45) is 1.92. The molecule has 0 aromatic heterocycles. The van der Waals surface area contributed by atoms with Gasteiger partial charge in [0.05, 0.1) is 5.56 Å². The molecule has 0 aliphatic carbocycles. The molecule has 6 heteroatoms. The summed E-state index contributed by atoms with van der Waals surface area (Å²) in [6, 6.07) is 0.0659. The topological polar surface area (TPSA) is 35.5 Å². The van der Waals surface area contributed by atoms with Gasteiger partial charge in [-0.1, -0.05) is 6.08 Å². The van der Waals surface area contributed by atoms with E-state index in [2.05, 4.69) is 11.9 Å². The number of benzene rings is 1. The van der Waals surface area contributed by atoms with Gasteiger partial charge in [-0.15, -0.1) is 6.58 Å². The van der Waals surface area contributed by atoms with Crippen molar-refractivity contribution in [2.45, 2.75) is 12.5 Å². The zero-order valence-electron chi connectivity index (χ0n) is 11.0. The second-order valence-corrected chi connectivity index (χ2v) is 4.75. The van der Waals surface area contributed by atoms with Crippen molar-refractivity contribution >= 4 is 0 Å². The molecule has 1 aromatic rings. The Morgan fingerprint density at radius 1 is 1.30 bits per heavy atom. The Kier molecular flexibility index (Phi) is 4.67. The first kappa shape index (κ1) is 14.9. The number of phenols is 1. The van der Waals surface area contributed by atoms with Gasteiger partial charge in [0, 0.05) is 38.3 Å². The molecule has 0 amide bonds. The predicted molar refractivity (Wildman–Crippen MR) is 70.0 cm³/mol.